The molecular weight excluding hydrogens is 266 g/mol. The summed E-state index contributed by atoms with van der Waals surface area (Å²) in [5.74, 6) is 0. The number of benzene rings is 1. The van der Waals surface area contributed by atoms with Crippen molar-refractivity contribution in [3.8, 4) is 11.3 Å². The smallest absolute Gasteiger partial charge is 0.198 e. The highest BCUT2D eigenvalue weighted by atomic mass is 15.0. The third-order valence-corrected chi connectivity index (χ3v) is 5.72. The number of nitrogens with zero attached hydrogens (tertiary/aromatic N) is 1. The number of hydrogen-bond donors (Lipinski definition) is 0. The summed E-state index contributed by atoms with van der Waals surface area (Å²) in [7, 11) is 2.03. The van der Waals surface area contributed by atoms with Crippen LogP contribution in [0.1, 0.15) is 51.7 Å². The molecule has 1 spiro atoms. The molecular formula is C21H26N+. The highest BCUT2D eigenvalue weighted by molar-refractivity contribution is 5.61. The van der Waals surface area contributed by atoms with E-state index in [2.05, 4.69) is 47.9 Å². The summed E-state index contributed by atoms with van der Waals surface area (Å²) >= 11 is 0. The van der Waals surface area contributed by atoms with Crippen LogP contribution < -0.4 is 4.57 Å². The first-order valence-electron chi connectivity index (χ1n) is 9.50. The largest absolute Gasteiger partial charge is 0.212 e. The number of aryl methyl sites for hydroxylation is 1. The van der Waals surface area contributed by atoms with Crippen LogP contribution in [0.2, 0.25) is 0 Å². The molecule has 2 aromatic rings. The molecule has 2 aliphatic rings. The lowest BCUT2D eigenvalue weighted by Gasteiger charge is -2.33. The molecule has 0 bridgehead atoms. The summed E-state index contributed by atoms with van der Waals surface area (Å²) in [6.45, 7) is 2.12. The highest BCUT2D eigenvalue weighted by Gasteiger charge is 2.39. The van der Waals surface area contributed by atoms with Crippen molar-refractivity contribution < 1.29 is 7.31 Å². The van der Waals surface area contributed by atoms with Gasteiger partial charge in [0.2, 0.25) is 5.69 Å². The van der Waals surface area contributed by atoms with E-state index in [9.17, 15) is 0 Å². The normalized spacial score (nSPS) is 23.0. The Bertz CT molecular complexity index is 788. The molecule has 1 fully saturated rings. The van der Waals surface area contributed by atoms with Crippen molar-refractivity contribution in [2.75, 3.05) is 0 Å². The van der Waals surface area contributed by atoms with Crippen LogP contribution in [0.25, 0.3) is 11.3 Å². The van der Waals surface area contributed by atoms with Crippen molar-refractivity contribution in [1.82, 2.24) is 0 Å². The van der Waals surface area contributed by atoms with E-state index in [4.69, 9.17) is 2.74 Å². The molecule has 22 heavy (non-hydrogen) atoms. The molecule has 0 saturated heterocycles. The number of aromatic nitrogens is 1. The molecule has 0 unspecified atom stereocenters. The van der Waals surface area contributed by atoms with Crippen molar-refractivity contribution in [3.63, 3.8) is 0 Å². The SMILES string of the molecule is [2H]C1([2H])CC2(CCCC2)Cc2ccc(-c3ccccc3C)[n+](C)c21. The standard InChI is InChI=1S/C21H26N/c1-16-7-3-4-8-18(16)20-10-9-17-15-21(12-5-6-13-21)14-11-19(17)22(20)2/h3-4,7-10H,5-6,11-15H2,1-2H3/q+1/i11D2. The minimum atomic E-state index is -1.24. The van der Waals surface area contributed by atoms with Crippen LogP contribution in [0, 0.1) is 12.3 Å². The topological polar surface area (TPSA) is 3.88 Å². The fourth-order valence-electron chi connectivity index (χ4n) is 4.43. The summed E-state index contributed by atoms with van der Waals surface area (Å²) in [5.41, 5.74) is 5.84. The van der Waals surface area contributed by atoms with Crippen LogP contribution in [0.15, 0.2) is 36.4 Å². The summed E-state index contributed by atoms with van der Waals surface area (Å²) < 4.78 is 19.7. The van der Waals surface area contributed by atoms with Gasteiger partial charge in [0.15, 0.2) is 5.69 Å². The van der Waals surface area contributed by atoms with Crippen molar-refractivity contribution in [2.45, 2.75) is 51.8 Å². The predicted octanol–water partition coefficient (Wildman–Crippen LogP) is 4.54. The Hall–Kier alpha value is -1.63. The molecule has 1 heteroatoms. The Kier molecular flexibility index (Phi) is 2.82. The average Bonchev–Trinajstić information content (AvgIpc) is 2.94. The second-order valence-electron chi connectivity index (χ2n) is 7.20. The summed E-state index contributed by atoms with van der Waals surface area (Å²) in [6.07, 6.45) is 5.38. The molecule has 114 valence electrons. The zero-order valence-corrected chi connectivity index (χ0v) is 13.7. The van der Waals surface area contributed by atoms with E-state index in [0.29, 0.717) is 6.42 Å². The summed E-state index contributed by atoms with van der Waals surface area (Å²) in [5, 5.41) is 0. The molecule has 2 aliphatic carbocycles. The van der Waals surface area contributed by atoms with E-state index in [-0.39, 0.29) is 5.41 Å². The third kappa shape index (κ3) is 2.18. The second kappa shape index (κ2) is 5.22. The van der Waals surface area contributed by atoms with Crippen LogP contribution in [0.3, 0.4) is 0 Å². The fraction of sp³-hybridized carbons (Fsp3) is 0.476. The molecule has 0 amide bonds. The second-order valence-corrected chi connectivity index (χ2v) is 7.20. The van der Waals surface area contributed by atoms with Gasteiger partial charge in [0.1, 0.15) is 7.05 Å². The summed E-state index contributed by atoms with van der Waals surface area (Å²) in [4.78, 5) is 0. The van der Waals surface area contributed by atoms with Crippen molar-refractivity contribution >= 4 is 0 Å². The number of pyridine rings is 1. The first-order chi connectivity index (χ1) is 11.4. The van der Waals surface area contributed by atoms with Gasteiger partial charge in [-0.25, -0.2) is 0 Å². The monoisotopic (exact) mass is 294 g/mol. The maximum Gasteiger partial charge on any atom is 0.212 e. The Morgan fingerprint density at radius 1 is 1.05 bits per heavy atom. The van der Waals surface area contributed by atoms with Gasteiger partial charge in [-0.3, -0.25) is 0 Å². The van der Waals surface area contributed by atoms with E-state index in [0.717, 1.165) is 17.8 Å². The van der Waals surface area contributed by atoms with Gasteiger partial charge in [-0.2, -0.15) is 4.57 Å². The van der Waals surface area contributed by atoms with Gasteiger partial charge < -0.3 is 0 Å². The molecule has 0 aliphatic heterocycles. The van der Waals surface area contributed by atoms with Crippen LogP contribution in [0.4, 0.5) is 0 Å². The minimum Gasteiger partial charge on any atom is -0.198 e. The van der Waals surface area contributed by atoms with Crippen molar-refractivity contribution in [2.24, 2.45) is 12.5 Å². The van der Waals surface area contributed by atoms with E-state index < -0.39 is 6.37 Å². The Morgan fingerprint density at radius 3 is 2.59 bits per heavy atom. The van der Waals surface area contributed by atoms with Crippen LogP contribution in [-0.2, 0) is 19.8 Å². The molecule has 0 atom stereocenters. The zero-order valence-electron chi connectivity index (χ0n) is 15.7. The first kappa shape index (κ1) is 11.9. The quantitative estimate of drug-likeness (QED) is 0.680. The minimum absolute atomic E-state index is 0.202. The molecule has 4 rings (SSSR count). The maximum atomic E-state index is 8.80. The van der Waals surface area contributed by atoms with E-state index >= 15 is 0 Å². The lowest BCUT2D eigenvalue weighted by Crippen LogP contribution is -2.41. The van der Waals surface area contributed by atoms with Gasteiger partial charge in [-0.15, -0.1) is 0 Å². The van der Waals surface area contributed by atoms with Crippen molar-refractivity contribution in [1.29, 1.82) is 0 Å². The first-order valence-corrected chi connectivity index (χ1v) is 8.50. The van der Waals surface area contributed by atoms with Gasteiger partial charge in [0, 0.05) is 26.3 Å². The van der Waals surface area contributed by atoms with Gasteiger partial charge >= 0.3 is 0 Å². The molecule has 0 radical (unpaired) electrons. The Balaban J connectivity index is 1.86. The van der Waals surface area contributed by atoms with Crippen LogP contribution >= 0.6 is 0 Å². The number of rotatable bonds is 1. The molecule has 1 aromatic heterocycles. The molecule has 0 N–H and O–H groups in total. The predicted molar refractivity (Wildman–Crippen MR) is 90.7 cm³/mol. The Labute approximate surface area is 136 Å². The van der Waals surface area contributed by atoms with Gasteiger partial charge in [-0.05, 0) is 55.7 Å². The highest BCUT2D eigenvalue weighted by Crippen LogP contribution is 2.47. The van der Waals surface area contributed by atoms with Crippen LogP contribution in [0.5, 0.6) is 0 Å². The molecule has 1 heterocycles. The zero-order chi connectivity index (χ0) is 16.9. The lowest BCUT2D eigenvalue weighted by molar-refractivity contribution is -0.669. The molecule has 1 nitrogen and oxygen atoms in total. The number of hydrogen-bond acceptors (Lipinski definition) is 0. The third-order valence-electron chi connectivity index (χ3n) is 5.72. The van der Waals surface area contributed by atoms with Crippen LogP contribution in [-0.4, -0.2) is 0 Å². The van der Waals surface area contributed by atoms with E-state index in [1.54, 1.807) is 0 Å². The van der Waals surface area contributed by atoms with Gasteiger partial charge in [0.25, 0.3) is 0 Å². The van der Waals surface area contributed by atoms with Gasteiger partial charge in [0.05, 0.1) is 0 Å². The summed E-state index contributed by atoms with van der Waals surface area (Å²) in [6, 6.07) is 12.7. The fourth-order valence-corrected chi connectivity index (χ4v) is 4.43. The molecule has 1 saturated carbocycles. The average molecular weight is 294 g/mol. The lowest BCUT2D eigenvalue weighted by atomic mass is 9.71. The van der Waals surface area contributed by atoms with Gasteiger partial charge in [-0.1, -0.05) is 31.0 Å². The maximum absolute atomic E-state index is 8.80. The number of fused-ring (bicyclic) bond motifs is 1. The van der Waals surface area contributed by atoms with E-state index in [1.165, 1.54) is 42.4 Å². The Morgan fingerprint density at radius 2 is 1.82 bits per heavy atom. The van der Waals surface area contributed by atoms with E-state index in [1.807, 2.05) is 7.05 Å². The van der Waals surface area contributed by atoms with Crippen molar-refractivity contribution in [3.05, 3.63) is 53.2 Å². The molecule has 1 aromatic carbocycles.